The average Bonchev–Trinajstić information content (AvgIpc) is 2.27. The Hall–Kier alpha value is -1.23. The highest BCUT2D eigenvalue weighted by atomic mass is 32.1. The highest BCUT2D eigenvalue weighted by Crippen LogP contribution is 2.18. The number of methoxy groups -OCH3 is 1. The van der Waals surface area contributed by atoms with Crippen LogP contribution in [0.5, 0.6) is 5.75 Å². The summed E-state index contributed by atoms with van der Waals surface area (Å²) in [5.74, 6) is 0.597. The van der Waals surface area contributed by atoms with Gasteiger partial charge in [-0.2, -0.15) is 12.6 Å². The number of nitrogens with one attached hydrogen (secondary N) is 1. The first-order valence-electron chi connectivity index (χ1n) is 4.87. The van der Waals surface area contributed by atoms with Crippen LogP contribution < -0.4 is 10.1 Å². The summed E-state index contributed by atoms with van der Waals surface area (Å²) in [5.41, 5.74) is 0.620. The van der Waals surface area contributed by atoms with Gasteiger partial charge in [0.15, 0.2) is 0 Å². The molecule has 3 nitrogen and oxygen atoms in total. The van der Waals surface area contributed by atoms with Crippen molar-refractivity contribution < 1.29 is 13.9 Å². The van der Waals surface area contributed by atoms with Crippen molar-refractivity contribution in [1.29, 1.82) is 0 Å². The third-order valence-electron chi connectivity index (χ3n) is 2.06. The first-order valence-corrected chi connectivity index (χ1v) is 5.50. The van der Waals surface area contributed by atoms with E-state index in [1.807, 2.05) is 0 Å². The Labute approximate surface area is 99.4 Å². The molecule has 5 heteroatoms. The molecule has 0 spiro atoms. The summed E-state index contributed by atoms with van der Waals surface area (Å²) < 4.78 is 18.0. The maximum Gasteiger partial charge on any atom is 0.221 e. The van der Waals surface area contributed by atoms with Gasteiger partial charge in [-0.15, -0.1) is 0 Å². The third-order valence-corrected chi connectivity index (χ3v) is 2.28. The summed E-state index contributed by atoms with van der Waals surface area (Å²) in [6, 6.07) is 4.20. The number of halogens is 1. The normalized spacial score (nSPS) is 9.94. The van der Waals surface area contributed by atoms with Gasteiger partial charge >= 0.3 is 0 Å². The largest absolute Gasteiger partial charge is 0.496 e. The van der Waals surface area contributed by atoms with Crippen molar-refractivity contribution in [2.75, 3.05) is 12.9 Å². The molecule has 0 aliphatic heterocycles. The van der Waals surface area contributed by atoms with E-state index in [0.717, 1.165) is 0 Å². The molecule has 0 atom stereocenters. The average molecular weight is 243 g/mol. The molecule has 0 saturated carbocycles. The monoisotopic (exact) mass is 243 g/mol. The minimum absolute atomic E-state index is 0.110. The van der Waals surface area contributed by atoms with Crippen molar-refractivity contribution in [2.24, 2.45) is 0 Å². The molecule has 0 fully saturated rings. The number of rotatable bonds is 5. The van der Waals surface area contributed by atoms with E-state index in [1.54, 1.807) is 0 Å². The van der Waals surface area contributed by atoms with Gasteiger partial charge in [-0.25, -0.2) is 4.39 Å². The van der Waals surface area contributed by atoms with Crippen molar-refractivity contribution in [3.05, 3.63) is 29.6 Å². The topological polar surface area (TPSA) is 38.3 Å². The van der Waals surface area contributed by atoms with Crippen LogP contribution in [0.2, 0.25) is 0 Å². The van der Waals surface area contributed by atoms with E-state index in [2.05, 4.69) is 17.9 Å². The quantitative estimate of drug-likeness (QED) is 0.774. The van der Waals surface area contributed by atoms with Gasteiger partial charge in [0.2, 0.25) is 5.91 Å². The second-order valence-electron chi connectivity index (χ2n) is 3.21. The van der Waals surface area contributed by atoms with E-state index in [0.29, 0.717) is 23.5 Å². The lowest BCUT2D eigenvalue weighted by Crippen LogP contribution is -2.23. The van der Waals surface area contributed by atoms with Crippen LogP contribution >= 0.6 is 12.6 Å². The smallest absolute Gasteiger partial charge is 0.221 e. The highest BCUT2D eigenvalue weighted by Gasteiger charge is 2.06. The molecule has 0 aromatic heterocycles. The molecular weight excluding hydrogens is 229 g/mol. The number of carbonyl (C=O) groups is 1. The highest BCUT2D eigenvalue weighted by molar-refractivity contribution is 7.80. The Balaban J connectivity index is 2.65. The number of hydrogen-bond donors (Lipinski definition) is 2. The fourth-order valence-electron chi connectivity index (χ4n) is 1.27. The van der Waals surface area contributed by atoms with Gasteiger partial charge in [-0.05, 0) is 24.0 Å². The van der Waals surface area contributed by atoms with Crippen molar-refractivity contribution in [3.8, 4) is 5.75 Å². The van der Waals surface area contributed by atoms with Crippen LogP contribution in [0, 0.1) is 5.82 Å². The van der Waals surface area contributed by atoms with Crippen molar-refractivity contribution >= 4 is 18.5 Å². The second kappa shape index (κ2) is 6.37. The van der Waals surface area contributed by atoms with Crippen molar-refractivity contribution in [1.82, 2.24) is 5.32 Å². The first kappa shape index (κ1) is 12.8. The minimum Gasteiger partial charge on any atom is -0.496 e. The van der Waals surface area contributed by atoms with E-state index >= 15 is 0 Å². The number of hydrogen-bond acceptors (Lipinski definition) is 3. The lowest BCUT2D eigenvalue weighted by molar-refractivity contribution is -0.120. The SMILES string of the molecule is COc1ccc(F)cc1CNC(=O)CCS. The third kappa shape index (κ3) is 3.73. The van der Waals surface area contributed by atoms with Crippen LogP contribution in [0.25, 0.3) is 0 Å². The molecule has 16 heavy (non-hydrogen) atoms. The van der Waals surface area contributed by atoms with Crippen molar-refractivity contribution in [3.63, 3.8) is 0 Å². The number of benzene rings is 1. The maximum atomic E-state index is 13.0. The maximum absolute atomic E-state index is 13.0. The van der Waals surface area contributed by atoms with Crippen LogP contribution in [-0.2, 0) is 11.3 Å². The summed E-state index contributed by atoms with van der Waals surface area (Å²) >= 11 is 3.95. The van der Waals surface area contributed by atoms with Crippen LogP contribution in [0.1, 0.15) is 12.0 Å². The lowest BCUT2D eigenvalue weighted by Gasteiger charge is -2.09. The molecule has 0 aliphatic carbocycles. The van der Waals surface area contributed by atoms with Crippen LogP contribution in [0.3, 0.4) is 0 Å². The Morgan fingerprint density at radius 3 is 2.94 bits per heavy atom. The molecule has 0 aliphatic rings. The predicted molar refractivity (Wildman–Crippen MR) is 63.3 cm³/mol. The molecule has 1 amide bonds. The van der Waals surface area contributed by atoms with E-state index in [1.165, 1.54) is 25.3 Å². The van der Waals surface area contributed by atoms with Gasteiger partial charge in [0.25, 0.3) is 0 Å². The fraction of sp³-hybridized carbons (Fsp3) is 0.364. The molecule has 1 aromatic rings. The summed E-state index contributed by atoms with van der Waals surface area (Å²) in [6.07, 6.45) is 0.348. The molecule has 0 saturated heterocycles. The molecular formula is C11H14FNO2S. The number of thiol groups is 1. The molecule has 1 rings (SSSR count). The van der Waals surface area contributed by atoms with E-state index in [4.69, 9.17) is 4.74 Å². The Morgan fingerprint density at radius 1 is 1.56 bits per heavy atom. The van der Waals surface area contributed by atoms with Gasteiger partial charge in [0.1, 0.15) is 11.6 Å². The zero-order chi connectivity index (χ0) is 12.0. The number of ether oxygens (including phenoxy) is 1. The van der Waals surface area contributed by atoms with E-state index in [9.17, 15) is 9.18 Å². The Kier molecular flexibility index (Phi) is 5.11. The van der Waals surface area contributed by atoms with Gasteiger partial charge in [-0.3, -0.25) is 4.79 Å². The van der Waals surface area contributed by atoms with E-state index < -0.39 is 0 Å². The molecule has 0 heterocycles. The summed E-state index contributed by atoms with van der Waals surface area (Å²) in [4.78, 5) is 11.2. The predicted octanol–water partition coefficient (Wildman–Crippen LogP) is 1.77. The Bertz CT molecular complexity index is 371. The molecule has 0 bridgehead atoms. The Morgan fingerprint density at radius 2 is 2.31 bits per heavy atom. The molecule has 1 aromatic carbocycles. The number of amides is 1. The van der Waals surface area contributed by atoms with Gasteiger partial charge in [0, 0.05) is 18.5 Å². The standard InChI is InChI=1S/C11H14FNO2S/c1-15-10-3-2-9(12)6-8(10)7-13-11(14)4-5-16/h2-3,6,16H,4-5,7H2,1H3,(H,13,14). The summed E-state index contributed by atoms with van der Waals surface area (Å²) in [6.45, 7) is 0.257. The number of carbonyl (C=O) groups excluding carboxylic acids is 1. The fourth-order valence-corrected chi connectivity index (χ4v) is 1.47. The van der Waals surface area contributed by atoms with Gasteiger partial charge in [-0.1, -0.05) is 0 Å². The first-order chi connectivity index (χ1) is 7.67. The van der Waals surface area contributed by atoms with Crippen LogP contribution in [0.15, 0.2) is 18.2 Å². The molecule has 0 radical (unpaired) electrons. The van der Waals surface area contributed by atoms with Crippen LogP contribution in [0.4, 0.5) is 4.39 Å². The second-order valence-corrected chi connectivity index (χ2v) is 3.65. The van der Waals surface area contributed by atoms with Crippen molar-refractivity contribution in [2.45, 2.75) is 13.0 Å². The zero-order valence-electron chi connectivity index (χ0n) is 9.00. The zero-order valence-corrected chi connectivity index (χ0v) is 9.89. The van der Waals surface area contributed by atoms with Gasteiger partial charge in [0.05, 0.1) is 7.11 Å². The molecule has 1 N–H and O–H groups in total. The summed E-state index contributed by atoms with van der Waals surface area (Å²) in [7, 11) is 1.51. The van der Waals surface area contributed by atoms with Crippen LogP contribution in [-0.4, -0.2) is 18.8 Å². The lowest BCUT2D eigenvalue weighted by atomic mass is 10.2. The molecule has 88 valence electrons. The minimum atomic E-state index is -0.348. The van der Waals surface area contributed by atoms with E-state index in [-0.39, 0.29) is 18.3 Å². The summed E-state index contributed by atoms with van der Waals surface area (Å²) in [5, 5.41) is 2.67. The van der Waals surface area contributed by atoms with Gasteiger partial charge < -0.3 is 10.1 Å². The molecule has 0 unspecified atom stereocenters.